The Morgan fingerprint density at radius 3 is 2.70 bits per heavy atom. The molecule has 0 saturated heterocycles. The van der Waals surface area contributed by atoms with Gasteiger partial charge in [-0.05, 0) is 41.1 Å². The van der Waals surface area contributed by atoms with Gasteiger partial charge in [0, 0.05) is 30.2 Å². The van der Waals surface area contributed by atoms with E-state index in [1.807, 2.05) is 0 Å². The van der Waals surface area contributed by atoms with Gasteiger partial charge in [-0.15, -0.1) is 0 Å². The van der Waals surface area contributed by atoms with Crippen molar-refractivity contribution < 1.29 is 9.59 Å². The summed E-state index contributed by atoms with van der Waals surface area (Å²) in [5.41, 5.74) is 1.66. The van der Waals surface area contributed by atoms with Crippen LogP contribution in [0.15, 0.2) is 47.5 Å². The molecular weight excluding hydrogens is 360 g/mol. The van der Waals surface area contributed by atoms with E-state index in [4.69, 9.17) is 0 Å². The Kier molecular flexibility index (Phi) is 4.12. The Morgan fingerprint density at radius 1 is 1.09 bits per heavy atom. The molecule has 0 spiro atoms. The van der Waals surface area contributed by atoms with Gasteiger partial charge >= 0.3 is 0 Å². The van der Waals surface area contributed by atoms with Gasteiger partial charge < -0.3 is 5.32 Å². The van der Waals surface area contributed by atoms with Crippen molar-refractivity contribution in [3.05, 3.63) is 58.7 Å². The lowest BCUT2D eigenvalue weighted by molar-refractivity contribution is 0.101. The summed E-state index contributed by atoms with van der Waals surface area (Å²) in [6.07, 6.45) is 6.23. The Labute approximate surface area is 140 Å². The number of hydrogen-bond acceptors (Lipinski definition) is 5. The Morgan fingerprint density at radius 2 is 1.91 bits per heavy atom. The van der Waals surface area contributed by atoms with E-state index in [-0.39, 0.29) is 11.5 Å². The molecule has 0 atom stereocenters. The van der Waals surface area contributed by atoms with Crippen LogP contribution in [0.3, 0.4) is 0 Å². The summed E-state index contributed by atoms with van der Waals surface area (Å²) in [6, 6.07) is 4.96. The fourth-order valence-electron chi connectivity index (χ4n) is 2.11. The van der Waals surface area contributed by atoms with Gasteiger partial charge in [0.05, 0.1) is 21.2 Å². The lowest BCUT2D eigenvalue weighted by Gasteiger charge is -2.09. The number of carbonyl (C=O) groups is 2. The molecule has 6 nitrogen and oxygen atoms in total. The van der Waals surface area contributed by atoms with Crippen molar-refractivity contribution in [3.8, 4) is 0 Å². The highest BCUT2D eigenvalue weighted by atomic mass is 79.9. The lowest BCUT2D eigenvalue weighted by Crippen LogP contribution is -2.16. The van der Waals surface area contributed by atoms with Gasteiger partial charge in [-0.2, -0.15) is 0 Å². The zero-order valence-corrected chi connectivity index (χ0v) is 13.7. The molecule has 7 heteroatoms. The SMILES string of the molecule is CC(=O)c1cnccc1NC(=O)c1ccc2cncc(Br)c2n1. The molecule has 0 fully saturated rings. The number of pyridine rings is 3. The molecule has 3 rings (SSSR count). The van der Waals surface area contributed by atoms with E-state index < -0.39 is 5.91 Å². The van der Waals surface area contributed by atoms with E-state index in [9.17, 15) is 9.59 Å². The predicted octanol–water partition coefficient (Wildman–Crippen LogP) is 3.24. The summed E-state index contributed by atoms with van der Waals surface area (Å²) in [4.78, 5) is 36.3. The molecule has 114 valence electrons. The number of nitrogens with zero attached hydrogens (tertiary/aromatic N) is 3. The monoisotopic (exact) mass is 370 g/mol. The zero-order chi connectivity index (χ0) is 16.4. The van der Waals surface area contributed by atoms with Crippen LogP contribution in [0.1, 0.15) is 27.8 Å². The van der Waals surface area contributed by atoms with Gasteiger partial charge in [-0.25, -0.2) is 4.98 Å². The smallest absolute Gasteiger partial charge is 0.274 e. The number of aromatic nitrogens is 3. The van der Waals surface area contributed by atoms with Crippen LogP contribution in [-0.4, -0.2) is 26.6 Å². The second-order valence-electron chi connectivity index (χ2n) is 4.82. The quantitative estimate of drug-likeness (QED) is 0.715. The molecule has 0 aliphatic heterocycles. The summed E-state index contributed by atoms with van der Waals surface area (Å²) in [5, 5.41) is 3.52. The average molecular weight is 371 g/mol. The van der Waals surface area contributed by atoms with Crippen LogP contribution in [0, 0.1) is 0 Å². The van der Waals surface area contributed by atoms with Crippen LogP contribution in [0.2, 0.25) is 0 Å². The molecule has 23 heavy (non-hydrogen) atoms. The van der Waals surface area contributed by atoms with Crippen LogP contribution in [0.4, 0.5) is 5.69 Å². The molecule has 0 unspecified atom stereocenters. The zero-order valence-electron chi connectivity index (χ0n) is 12.1. The molecular formula is C16H11BrN4O2. The molecule has 0 aliphatic rings. The fourth-order valence-corrected chi connectivity index (χ4v) is 2.54. The normalized spacial score (nSPS) is 10.5. The number of rotatable bonds is 3. The van der Waals surface area contributed by atoms with Crippen LogP contribution < -0.4 is 5.32 Å². The molecule has 3 aromatic rings. The Bertz CT molecular complexity index is 927. The topological polar surface area (TPSA) is 84.8 Å². The van der Waals surface area contributed by atoms with E-state index in [1.54, 1.807) is 30.6 Å². The standard InChI is InChI=1S/C16H11BrN4O2/c1-9(22)11-7-18-5-4-13(11)21-16(23)14-3-2-10-6-19-8-12(17)15(10)20-14/h2-8H,1H3,(H,18,21,23). The van der Waals surface area contributed by atoms with Gasteiger partial charge in [0.15, 0.2) is 5.78 Å². The van der Waals surface area contributed by atoms with Crippen molar-refractivity contribution in [1.82, 2.24) is 15.0 Å². The van der Waals surface area contributed by atoms with Crippen molar-refractivity contribution in [2.45, 2.75) is 6.92 Å². The van der Waals surface area contributed by atoms with Crippen LogP contribution in [0.25, 0.3) is 10.9 Å². The number of Topliss-reactive ketones (excluding diaryl/α,β-unsaturated/α-hetero) is 1. The average Bonchev–Trinajstić information content (AvgIpc) is 2.55. The van der Waals surface area contributed by atoms with E-state index in [1.165, 1.54) is 19.3 Å². The number of nitrogens with one attached hydrogen (secondary N) is 1. The van der Waals surface area contributed by atoms with E-state index >= 15 is 0 Å². The number of anilines is 1. The minimum absolute atomic E-state index is 0.173. The first-order chi connectivity index (χ1) is 11.1. The van der Waals surface area contributed by atoms with Gasteiger partial charge in [-0.1, -0.05) is 0 Å². The van der Waals surface area contributed by atoms with Crippen molar-refractivity contribution in [3.63, 3.8) is 0 Å². The number of amides is 1. The highest BCUT2D eigenvalue weighted by Gasteiger charge is 2.14. The maximum Gasteiger partial charge on any atom is 0.274 e. The van der Waals surface area contributed by atoms with Crippen molar-refractivity contribution in [2.24, 2.45) is 0 Å². The number of halogens is 1. The number of hydrogen-bond donors (Lipinski definition) is 1. The van der Waals surface area contributed by atoms with Crippen molar-refractivity contribution in [1.29, 1.82) is 0 Å². The van der Waals surface area contributed by atoms with E-state index in [0.717, 1.165) is 5.39 Å². The molecule has 1 amide bonds. The van der Waals surface area contributed by atoms with Crippen molar-refractivity contribution >= 4 is 44.2 Å². The van der Waals surface area contributed by atoms with Gasteiger partial charge in [0.25, 0.3) is 5.91 Å². The molecule has 0 bridgehead atoms. The summed E-state index contributed by atoms with van der Waals surface area (Å²) >= 11 is 3.37. The van der Waals surface area contributed by atoms with Crippen LogP contribution in [0.5, 0.6) is 0 Å². The maximum absolute atomic E-state index is 12.4. The largest absolute Gasteiger partial charge is 0.320 e. The van der Waals surface area contributed by atoms with Crippen molar-refractivity contribution in [2.75, 3.05) is 5.32 Å². The number of carbonyl (C=O) groups excluding carboxylic acids is 2. The fraction of sp³-hybridized carbons (Fsp3) is 0.0625. The summed E-state index contributed by atoms with van der Waals surface area (Å²) in [7, 11) is 0. The maximum atomic E-state index is 12.4. The van der Waals surface area contributed by atoms with Gasteiger partial charge in [-0.3, -0.25) is 19.6 Å². The molecule has 3 heterocycles. The molecule has 0 aliphatic carbocycles. The van der Waals surface area contributed by atoms with Crippen LogP contribution in [-0.2, 0) is 0 Å². The predicted molar refractivity (Wildman–Crippen MR) is 89.4 cm³/mol. The molecule has 3 aromatic heterocycles. The lowest BCUT2D eigenvalue weighted by atomic mass is 10.1. The molecule has 1 N–H and O–H groups in total. The molecule has 0 aromatic carbocycles. The van der Waals surface area contributed by atoms with E-state index in [2.05, 4.69) is 36.2 Å². The van der Waals surface area contributed by atoms with E-state index in [0.29, 0.717) is 21.2 Å². The first-order valence-electron chi connectivity index (χ1n) is 6.73. The number of ketones is 1. The third-order valence-electron chi connectivity index (χ3n) is 3.24. The third-order valence-corrected chi connectivity index (χ3v) is 3.82. The second kappa shape index (κ2) is 6.21. The molecule has 0 radical (unpaired) electrons. The first kappa shape index (κ1) is 15.2. The van der Waals surface area contributed by atoms with Crippen LogP contribution >= 0.6 is 15.9 Å². The second-order valence-corrected chi connectivity index (χ2v) is 5.68. The highest BCUT2D eigenvalue weighted by molar-refractivity contribution is 9.10. The summed E-state index contributed by atoms with van der Waals surface area (Å²) in [6.45, 7) is 1.42. The first-order valence-corrected chi connectivity index (χ1v) is 7.52. The minimum Gasteiger partial charge on any atom is -0.320 e. The minimum atomic E-state index is -0.399. The summed E-state index contributed by atoms with van der Waals surface area (Å²) < 4.78 is 0.706. The Balaban J connectivity index is 1.95. The molecule has 0 saturated carbocycles. The number of fused-ring (bicyclic) bond motifs is 1. The third kappa shape index (κ3) is 3.09. The van der Waals surface area contributed by atoms with Gasteiger partial charge in [0.1, 0.15) is 5.69 Å². The Hall–Kier alpha value is -2.67. The summed E-state index contributed by atoms with van der Waals surface area (Å²) in [5.74, 6) is -0.571. The van der Waals surface area contributed by atoms with Gasteiger partial charge in [0.2, 0.25) is 0 Å². The highest BCUT2D eigenvalue weighted by Crippen LogP contribution is 2.21.